The maximum absolute atomic E-state index is 10.8. The number of rotatable bonds is 3. The summed E-state index contributed by atoms with van der Waals surface area (Å²) in [6.45, 7) is 1.51. The fraction of sp³-hybridized carbons (Fsp3) is 0.375. The average molecular weight is 217 g/mol. The van der Waals surface area contributed by atoms with E-state index in [0.717, 1.165) is 0 Å². The first-order valence-electron chi connectivity index (χ1n) is 3.68. The van der Waals surface area contributed by atoms with Crippen molar-refractivity contribution in [3.63, 3.8) is 0 Å². The standard InChI is InChI=1S/C8H9ClN2OS/c1-5(12)3-6-4-10-8(13-2)11-7(6)9/h4H,3H2,1-2H3. The number of aromatic nitrogens is 2. The van der Waals surface area contributed by atoms with E-state index in [2.05, 4.69) is 9.97 Å². The first kappa shape index (κ1) is 10.5. The molecule has 1 aromatic rings. The summed E-state index contributed by atoms with van der Waals surface area (Å²) in [7, 11) is 0. The van der Waals surface area contributed by atoms with E-state index in [0.29, 0.717) is 22.3 Å². The van der Waals surface area contributed by atoms with Crippen molar-refractivity contribution in [1.82, 2.24) is 9.97 Å². The van der Waals surface area contributed by atoms with E-state index in [1.165, 1.54) is 18.7 Å². The van der Waals surface area contributed by atoms with Crippen molar-refractivity contribution in [1.29, 1.82) is 0 Å². The van der Waals surface area contributed by atoms with Crippen LogP contribution >= 0.6 is 23.4 Å². The highest BCUT2D eigenvalue weighted by Crippen LogP contribution is 2.16. The molecule has 0 saturated carbocycles. The molecule has 1 aromatic heterocycles. The molecule has 0 fully saturated rings. The number of carbonyl (C=O) groups excluding carboxylic acids is 1. The van der Waals surface area contributed by atoms with Crippen LogP contribution < -0.4 is 0 Å². The molecule has 0 spiro atoms. The third-order valence-electron chi connectivity index (χ3n) is 1.41. The zero-order valence-electron chi connectivity index (χ0n) is 7.37. The Morgan fingerprint density at radius 2 is 2.38 bits per heavy atom. The van der Waals surface area contributed by atoms with Crippen molar-refractivity contribution < 1.29 is 4.79 Å². The van der Waals surface area contributed by atoms with Crippen LogP contribution in [0.5, 0.6) is 0 Å². The average Bonchev–Trinajstić information content (AvgIpc) is 2.08. The van der Waals surface area contributed by atoms with Crippen LogP contribution in [0, 0.1) is 0 Å². The monoisotopic (exact) mass is 216 g/mol. The Morgan fingerprint density at radius 1 is 1.69 bits per heavy atom. The van der Waals surface area contributed by atoms with Gasteiger partial charge >= 0.3 is 0 Å². The maximum Gasteiger partial charge on any atom is 0.188 e. The maximum atomic E-state index is 10.8. The van der Waals surface area contributed by atoms with E-state index in [1.807, 2.05) is 6.26 Å². The lowest BCUT2D eigenvalue weighted by molar-refractivity contribution is -0.116. The molecule has 0 atom stereocenters. The number of ketones is 1. The molecule has 0 aliphatic rings. The van der Waals surface area contributed by atoms with Gasteiger partial charge in [-0.25, -0.2) is 9.97 Å². The third kappa shape index (κ3) is 2.97. The van der Waals surface area contributed by atoms with Crippen LogP contribution in [0.15, 0.2) is 11.4 Å². The van der Waals surface area contributed by atoms with Crippen molar-refractivity contribution in [2.45, 2.75) is 18.5 Å². The SMILES string of the molecule is CSc1ncc(CC(C)=O)c(Cl)n1. The second kappa shape index (κ2) is 4.58. The fourth-order valence-electron chi connectivity index (χ4n) is 0.856. The van der Waals surface area contributed by atoms with Crippen LogP contribution in [-0.4, -0.2) is 22.0 Å². The second-order valence-corrected chi connectivity index (χ2v) is 3.68. The van der Waals surface area contributed by atoms with Crippen molar-refractivity contribution in [2.75, 3.05) is 6.26 Å². The van der Waals surface area contributed by atoms with Gasteiger partial charge in [-0.3, -0.25) is 4.79 Å². The molecule has 0 bridgehead atoms. The number of carbonyl (C=O) groups is 1. The van der Waals surface area contributed by atoms with Crippen LogP contribution in [0.25, 0.3) is 0 Å². The molecule has 0 unspecified atom stereocenters. The lowest BCUT2D eigenvalue weighted by Crippen LogP contribution is -2.00. The molecule has 0 N–H and O–H groups in total. The summed E-state index contributed by atoms with van der Waals surface area (Å²) in [6, 6.07) is 0. The zero-order valence-corrected chi connectivity index (χ0v) is 8.95. The quantitative estimate of drug-likeness (QED) is 0.440. The van der Waals surface area contributed by atoms with Gasteiger partial charge in [0.15, 0.2) is 5.16 Å². The molecule has 3 nitrogen and oxygen atoms in total. The summed E-state index contributed by atoms with van der Waals surface area (Å²) >= 11 is 7.25. The Balaban J connectivity index is 2.91. The molecule has 0 aromatic carbocycles. The summed E-state index contributed by atoms with van der Waals surface area (Å²) in [5.41, 5.74) is 0.687. The Morgan fingerprint density at radius 3 is 2.85 bits per heavy atom. The molecule has 0 aliphatic heterocycles. The first-order chi connectivity index (χ1) is 6.13. The number of halogens is 1. The van der Waals surface area contributed by atoms with Gasteiger partial charge in [-0.1, -0.05) is 23.4 Å². The lowest BCUT2D eigenvalue weighted by atomic mass is 10.2. The van der Waals surface area contributed by atoms with E-state index >= 15 is 0 Å². The van der Waals surface area contributed by atoms with Crippen LogP contribution in [0.1, 0.15) is 12.5 Å². The van der Waals surface area contributed by atoms with E-state index in [9.17, 15) is 4.79 Å². The smallest absolute Gasteiger partial charge is 0.188 e. The minimum Gasteiger partial charge on any atom is -0.300 e. The Bertz CT molecular complexity index is 330. The summed E-state index contributed by atoms with van der Waals surface area (Å²) in [6.07, 6.45) is 3.77. The number of hydrogen-bond acceptors (Lipinski definition) is 4. The molecule has 70 valence electrons. The number of Topliss-reactive ketones (excluding diaryl/α,β-unsaturated/α-hetero) is 1. The topological polar surface area (TPSA) is 42.9 Å². The second-order valence-electron chi connectivity index (χ2n) is 2.55. The molecular formula is C8H9ClN2OS. The van der Waals surface area contributed by atoms with Crippen molar-refractivity contribution in [2.24, 2.45) is 0 Å². The number of nitrogens with zero attached hydrogens (tertiary/aromatic N) is 2. The fourth-order valence-corrected chi connectivity index (χ4v) is 1.44. The van der Waals surface area contributed by atoms with Gasteiger partial charge in [0.05, 0.1) is 0 Å². The van der Waals surface area contributed by atoms with Crippen molar-refractivity contribution in [3.05, 3.63) is 16.9 Å². The molecule has 5 heteroatoms. The van der Waals surface area contributed by atoms with Gasteiger partial charge in [0.25, 0.3) is 0 Å². The largest absolute Gasteiger partial charge is 0.300 e. The molecule has 0 aliphatic carbocycles. The van der Waals surface area contributed by atoms with Crippen molar-refractivity contribution in [3.8, 4) is 0 Å². The van der Waals surface area contributed by atoms with Crippen molar-refractivity contribution >= 4 is 29.1 Å². The Labute approximate surface area is 85.9 Å². The Hall–Kier alpha value is -0.610. The first-order valence-corrected chi connectivity index (χ1v) is 5.28. The summed E-state index contributed by atoms with van der Waals surface area (Å²) in [5, 5.41) is 0.992. The molecule has 1 rings (SSSR count). The van der Waals surface area contributed by atoms with Gasteiger partial charge in [0, 0.05) is 18.2 Å². The number of thioether (sulfide) groups is 1. The van der Waals surface area contributed by atoms with Crippen LogP contribution in [0.2, 0.25) is 5.15 Å². The van der Waals surface area contributed by atoms with Crippen LogP contribution in [0.3, 0.4) is 0 Å². The normalized spacial score (nSPS) is 10.1. The number of hydrogen-bond donors (Lipinski definition) is 0. The lowest BCUT2D eigenvalue weighted by Gasteiger charge is -2.01. The van der Waals surface area contributed by atoms with E-state index < -0.39 is 0 Å². The molecule has 0 saturated heterocycles. The van der Waals surface area contributed by atoms with Gasteiger partial charge in [-0.05, 0) is 13.2 Å². The van der Waals surface area contributed by atoms with Gasteiger partial charge < -0.3 is 0 Å². The van der Waals surface area contributed by atoms with Gasteiger partial charge in [-0.2, -0.15) is 0 Å². The summed E-state index contributed by atoms with van der Waals surface area (Å²) < 4.78 is 0. The molecule has 0 amide bonds. The highest BCUT2D eigenvalue weighted by molar-refractivity contribution is 7.98. The Kier molecular flexibility index (Phi) is 3.69. The highest BCUT2D eigenvalue weighted by atomic mass is 35.5. The molecule has 13 heavy (non-hydrogen) atoms. The van der Waals surface area contributed by atoms with E-state index in [4.69, 9.17) is 11.6 Å². The highest BCUT2D eigenvalue weighted by Gasteiger charge is 2.06. The third-order valence-corrected chi connectivity index (χ3v) is 2.30. The van der Waals surface area contributed by atoms with Crippen LogP contribution in [-0.2, 0) is 11.2 Å². The van der Waals surface area contributed by atoms with Crippen LogP contribution in [0.4, 0.5) is 0 Å². The predicted octanol–water partition coefficient (Wildman–Crippen LogP) is 1.98. The summed E-state index contributed by atoms with van der Waals surface area (Å²) in [5.74, 6) is 0.0578. The minimum atomic E-state index is 0.0578. The van der Waals surface area contributed by atoms with Gasteiger partial charge in [-0.15, -0.1) is 0 Å². The van der Waals surface area contributed by atoms with E-state index in [-0.39, 0.29) is 5.78 Å². The zero-order chi connectivity index (χ0) is 9.84. The predicted molar refractivity (Wildman–Crippen MR) is 53.2 cm³/mol. The molecule has 1 heterocycles. The van der Waals surface area contributed by atoms with Gasteiger partial charge in [0.1, 0.15) is 10.9 Å². The summed E-state index contributed by atoms with van der Waals surface area (Å²) in [4.78, 5) is 18.8. The van der Waals surface area contributed by atoms with E-state index in [1.54, 1.807) is 6.20 Å². The minimum absolute atomic E-state index is 0.0578. The van der Waals surface area contributed by atoms with Gasteiger partial charge in [0.2, 0.25) is 0 Å². The molecule has 0 radical (unpaired) electrons. The molecular weight excluding hydrogens is 208 g/mol.